The van der Waals surface area contributed by atoms with E-state index in [-0.39, 0.29) is 17.6 Å². The third-order valence-electron chi connectivity index (χ3n) is 5.88. The summed E-state index contributed by atoms with van der Waals surface area (Å²) < 4.78 is 28.7. The third-order valence-corrected chi connectivity index (χ3v) is 6.11. The first-order valence-corrected chi connectivity index (χ1v) is 13.2. The summed E-state index contributed by atoms with van der Waals surface area (Å²) in [7, 11) is 1.63. The van der Waals surface area contributed by atoms with Gasteiger partial charge in [-0.15, -0.1) is 0 Å². The van der Waals surface area contributed by atoms with Crippen molar-refractivity contribution in [2.24, 2.45) is 5.92 Å². The summed E-state index contributed by atoms with van der Waals surface area (Å²) in [4.78, 5) is 25.7. The summed E-state index contributed by atoms with van der Waals surface area (Å²) in [6.07, 6.45) is 2.97. The molecule has 0 aliphatic carbocycles. The Morgan fingerprint density at radius 3 is 2.59 bits per heavy atom. The summed E-state index contributed by atoms with van der Waals surface area (Å²) in [5.74, 6) is 4.21. The van der Waals surface area contributed by atoms with Crippen LogP contribution in [0.4, 0.5) is 14.6 Å². The minimum atomic E-state index is -0.980. The van der Waals surface area contributed by atoms with Crippen LogP contribution >= 0.6 is 11.6 Å². The molecule has 4 rings (SSSR count). The summed E-state index contributed by atoms with van der Waals surface area (Å²) >= 11 is 6.11. The van der Waals surface area contributed by atoms with Gasteiger partial charge in [-0.25, -0.2) is 23.7 Å². The van der Waals surface area contributed by atoms with Gasteiger partial charge in [0.1, 0.15) is 0 Å². The van der Waals surface area contributed by atoms with E-state index in [1.165, 1.54) is 6.07 Å². The van der Waals surface area contributed by atoms with Crippen molar-refractivity contribution in [3.05, 3.63) is 82.4 Å². The summed E-state index contributed by atoms with van der Waals surface area (Å²) in [5.41, 5.74) is 2.34. The normalized spacial score (nSPS) is 11.2. The van der Waals surface area contributed by atoms with Crippen molar-refractivity contribution in [3.63, 3.8) is 0 Å². The maximum atomic E-state index is 13.6. The number of carbonyl (C=O) groups is 1. The quantitative estimate of drug-likeness (QED) is 0.264. The van der Waals surface area contributed by atoms with E-state index in [1.807, 2.05) is 43.5 Å². The van der Waals surface area contributed by atoms with Gasteiger partial charge in [0.25, 0.3) is 0 Å². The topological polar surface area (TPSA) is 84.7 Å². The van der Waals surface area contributed by atoms with Gasteiger partial charge in [0.2, 0.25) is 11.7 Å². The van der Waals surface area contributed by atoms with E-state index in [0.29, 0.717) is 53.5 Å². The Bertz CT molecular complexity index is 1490. The minimum absolute atomic E-state index is 0.0106. The van der Waals surface area contributed by atoms with Gasteiger partial charge >= 0.3 is 0 Å². The van der Waals surface area contributed by atoms with Crippen molar-refractivity contribution >= 4 is 34.5 Å². The molecule has 2 N–H and O–H groups in total. The van der Waals surface area contributed by atoms with Gasteiger partial charge in [0.15, 0.2) is 28.6 Å². The highest BCUT2D eigenvalue weighted by Gasteiger charge is 2.17. The number of amides is 1. The number of anilines is 1. The molecule has 4 aromatic rings. The van der Waals surface area contributed by atoms with Gasteiger partial charge in [0, 0.05) is 36.6 Å². The highest BCUT2D eigenvalue weighted by atomic mass is 35.5. The second-order valence-corrected chi connectivity index (χ2v) is 8.81. The largest absolute Gasteiger partial charge is 0.364 e. The molecule has 0 saturated carbocycles. The van der Waals surface area contributed by atoms with Crippen LogP contribution in [0.15, 0.2) is 48.8 Å². The number of hydrogen-bond acceptors (Lipinski definition) is 5. The molecule has 2 aromatic carbocycles. The second-order valence-electron chi connectivity index (χ2n) is 8.38. The predicted octanol–water partition coefficient (Wildman–Crippen LogP) is 5.96. The van der Waals surface area contributed by atoms with Gasteiger partial charge < -0.3 is 15.2 Å². The summed E-state index contributed by atoms with van der Waals surface area (Å²) in [5, 5.41) is 6.60. The van der Waals surface area contributed by atoms with Crippen molar-refractivity contribution in [3.8, 4) is 11.8 Å². The number of hydrogen-bond donors (Lipinski definition) is 2. The number of carbonyl (C=O) groups excluding carboxylic acids is 1. The molecule has 10 heteroatoms. The SMILES string of the molecule is CC.CCC(CCn1cnc2c(NCc3cccc(Cl)c3)nc(C#Cc3ccc(F)c(F)c3)nc21)C(=O)NC. The van der Waals surface area contributed by atoms with E-state index in [9.17, 15) is 13.6 Å². The molecule has 2 heterocycles. The molecule has 1 amide bonds. The monoisotopic (exact) mass is 552 g/mol. The zero-order valence-electron chi connectivity index (χ0n) is 22.4. The molecule has 0 saturated heterocycles. The predicted molar refractivity (Wildman–Crippen MR) is 150 cm³/mol. The van der Waals surface area contributed by atoms with Crippen LogP contribution < -0.4 is 10.6 Å². The van der Waals surface area contributed by atoms with Crippen molar-refractivity contribution < 1.29 is 13.6 Å². The fourth-order valence-corrected chi connectivity index (χ4v) is 4.05. The zero-order chi connectivity index (χ0) is 28.4. The Kier molecular flexibility index (Phi) is 10.8. The molecule has 0 bridgehead atoms. The third kappa shape index (κ3) is 7.74. The van der Waals surface area contributed by atoms with E-state index < -0.39 is 11.6 Å². The van der Waals surface area contributed by atoms with Crippen LogP contribution in [0.25, 0.3) is 11.2 Å². The van der Waals surface area contributed by atoms with Crippen LogP contribution in [0.5, 0.6) is 0 Å². The molecule has 1 unspecified atom stereocenters. The van der Waals surface area contributed by atoms with Crippen LogP contribution in [0, 0.1) is 29.4 Å². The maximum Gasteiger partial charge on any atom is 0.222 e. The zero-order valence-corrected chi connectivity index (χ0v) is 23.1. The Morgan fingerprint density at radius 2 is 1.90 bits per heavy atom. The van der Waals surface area contributed by atoms with E-state index in [2.05, 4.69) is 37.4 Å². The number of nitrogens with one attached hydrogen (secondary N) is 2. The maximum absolute atomic E-state index is 13.6. The van der Waals surface area contributed by atoms with Gasteiger partial charge in [-0.3, -0.25) is 4.79 Å². The van der Waals surface area contributed by atoms with Crippen LogP contribution in [0.1, 0.15) is 50.6 Å². The Hall–Kier alpha value is -4.03. The van der Waals surface area contributed by atoms with E-state index in [4.69, 9.17) is 11.6 Å². The molecule has 204 valence electrons. The van der Waals surface area contributed by atoms with Crippen LogP contribution in [-0.4, -0.2) is 32.5 Å². The molecule has 0 fully saturated rings. The lowest BCUT2D eigenvalue weighted by molar-refractivity contribution is -0.124. The van der Waals surface area contributed by atoms with Gasteiger partial charge in [-0.1, -0.05) is 50.4 Å². The number of benzene rings is 2. The number of aromatic nitrogens is 4. The van der Waals surface area contributed by atoms with Crippen molar-refractivity contribution in [1.82, 2.24) is 24.8 Å². The van der Waals surface area contributed by atoms with Crippen molar-refractivity contribution in [2.75, 3.05) is 12.4 Å². The van der Waals surface area contributed by atoms with E-state index in [1.54, 1.807) is 19.4 Å². The van der Waals surface area contributed by atoms with Crippen LogP contribution in [-0.2, 0) is 17.9 Å². The van der Waals surface area contributed by atoms with Gasteiger partial charge in [0.05, 0.1) is 6.33 Å². The highest BCUT2D eigenvalue weighted by molar-refractivity contribution is 6.30. The fraction of sp³-hybridized carbons (Fsp3) is 0.310. The molecule has 2 aromatic heterocycles. The minimum Gasteiger partial charge on any atom is -0.364 e. The average molecular weight is 553 g/mol. The fourth-order valence-electron chi connectivity index (χ4n) is 3.84. The second kappa shape index (κ2) is 14.2. The molecule has 0 radical (unpaired) electrons. The molecule has 7 nitrogen and oxygen atoms in total. The number of aryl methyl sites for hydroxylation is 1. The lowest BCUT2D eigenvalue weighted by Gasteiger charge is -2.13. The molecule has 0 aliphatic heterocycles. The first kappa shape index (κ1) is 29.5. The Labute approximate surface area is 232 Å². The molecule has 0 aliphatic rings. The first-order chi connectivity index (χ1) is 18.9. The molecule has 0 spiro atoms. The lowest BCUT2D eigenvalue weighted by Crippen LogP contribution is -2.27. The Balaban J connectivity index is 0.00000205. The van der Waals surface area contributed by atoms with Crippen LogP contribution in [0.2, 0.25) is 5.02 Å². The van der Waals surface area contributed by atoms with Gasteiger partial charge in [-0.05, 0) is 54.7 Å². The standard InChI is InChI=1S/C27H25ClF2N6O.C2H6/c1-3-19(27(37)31-2)11-12-36-16-33-24-25(32-15-18-5-4-6-20(28)13-18)34-23(35-26(24)36)10-8-17-7-9-21(29)22(30)14-17;1-2/h4-7,9,13-14,16,19H,3,11-12,15H2,1-2H3,(H,31,37)(H,32,34,35);1-2H3. The average Bonchev–Trinajstić information content (AvgIpc) is 3.36. The highest BCUT2D eigenvalue weighted by Crippen LogP contribution is 2.22. The summed E-state index contributed by atoms with van der Waals surface area (Å²) in [6, 6.07) is 10.9. The van der Waals surface area contributed by atoms with Crippen molar-refractivity contribution in [1.29, 1.82) is 0 Å². The molecule has 39 heavy (non-hydrogen) atoms. The van der Waals surface area contributed by atoms with Gasteiger partial charge in [-0.2, -0.15) is 0 Å². The number of imidazole rings is 1. The Morgan fingerprint density at radius 1 is 1.10 bits per heavy atom. The van der Waals surface area contributed by atoms with Crippen LogP contribution in [0.3, 0.4) is 0 Å². The summed E-state index contributed by atoms with van der Waals surface area (Å²) in [6.45, 7) is 6.92. The van der Waals surface area contributed by atoms with E-state index in [0.717, 1.165) is 17.7 Å². The number of rotatable bonds is 8. The first-order valence-electron chi connectivity index (χ1n) is 12.8. The number of halogens is 3. The molecular formula is C29H31ClF2N6O. The van der Waals surface area contributed by atoms with E-state index >= 15 is 0 Å². The lowest BCUT2D eigenvalue weighted by atomic mass is 10.0. The molecular weight excluding hydrogens is 522 g/mol. The number of fused-ring (bicyclic) bond motifs is 1. The smallest absolute Gasteiger partial charge is 0.222 e. The number of nitrogens with zero attached hydrogens (tertiary/aromatic N) is 4. The molecule has 1 atom stereocenters. The van der Waals surface area contributed by atoms with Crippen molar-refractivity contribution in [2.45, 2.75) is 46.7 Å².